The molecule has 1 fully saturated rings. The zero-order valence-electron chi connectivity index (χ0n) is 17.8. The van der Waals surface area contributed by atoms with Crippen molar-refractivity contribution in [2.24, 2.45) is 0 Å². The first-order valence-corrected chi connectivity index (χ1v) is 12.9. The average molecular weight is 490 g/mol. The van der Waals surface area contributed by atoms with Crippen molar-refractivity contribution >= 4 is 50.2 Å². The van der Waals surface area contributed by atoms with Gasteiger partial charge >= 0.3 is 0 Å². The molecule has 1 saturated heterocycles. The molecule has 0 atom stereocenters. The number of hydrogen-bond donors (Lipinski definition) is 1. The Morgan fingerprint density at radius 2 is 1.66 bits per heavy atom. The van der Waals surface area contributed by atoms with Crippen LogP contribution in [0.2, 0.25) is 5.02 Å². The van der Waals surface area contributed by atoms with Gasteiger partial charge in [-0.05, 0) is 72.8 Å². The molecule has 0 unspecified atom stereocenters. The van der Waals surface area contributed by atoms with Crippen LogP contribution >= 0.6 is 22.9 Å². The van der Waals surface area contributed by atoms with Gasteiger partial charge in [0.2, 0.25) is 10.0 Å². The van der Waals surface area contributed by atoms with Crippen molar-refractivity contribution in [2.75, 3.05) is 36.4 Å². The molecular weight excluding hydrogens is 466 g/mol. The maximum absolute atomic E-state index is 13.3. The Balaban J connectivity index is 1.48. The molecular formula is C23H24ClN3O3S2. The van der Waals surface area contributed by atoms with Gasteiger partial charge < -0.3 is 10.2 Å². The molecule has 168 valence electrons. The number of rotatable bonds is 5. The van der Waals surface area contributed by atoms with E-state index in [4.69, 9.17) is 11.6 Å². The van der Waals surface area contributed by atoms with Gasteiger partial charge in [-0.15, -0.1) is 11.3 Å². The zero-order valence-corrected chi connectivity index (χ0v) is 20.2. The lowest BCUT2D eigenvalue weighted by atomic mass is 10.1. The summed E-state index contributed by atoms with van der Waals surface area (Å²) in [5.74, 6) is -0.415. The van der Waals surface area contributed by atoms with E-state index in [9.17, 15) is 13.2 Å². The van der Waals surface area contributed by atoms with Crippen molar-refractivity contribution in [3.63, 3.8) is 0 Å². The maximum atomic E-state index is 13.3. The molecule has 3 aromatic rings. The molecule has 1 aromatic heterocycles. The summed E-state index contributed by atoms with van der Waals surface area (Å²) in [5, 5.41) is 5.14. The molecule has 4 rings (SSSR count). The highest BCUT2D eigenvalue weighted by Gasteiger charge is 2.32. The van der Waals surface area contributed by atoms with Gasteiger partial charge in [-0.3, -0.25) is 4.79 Å². The Morgan fingerprint density at radius 3 is 2.31 bits per heavy atom. The van der Waals surface area contributed by atoms with Crippen LogP contribution in [-0.4, -0.2) is 44.8 Å². The molecule has 0 spiro atoms. The Labute approximate surface area is 197 Å². The first-order valence-electron chi connectivity index (χ1n) is 10.2. The third kappa shape index (κ3) is 4.68. The molecule has 0 aliphatic carbocycles. The van der Waals surface area contributed by atoms with Crippen molar-refractivity contribution in [1.82, 2.24) is 4.31 Å². The van der Waals surface area contributed by atoms with Gasteiger partial charge in [0, 0.05) is 42.6 Å². The van der Waals surface area contributed by atoms with E-state index < -0.39 is 15.9 Å². The van der Waals surface area contributed by atoms with Gasteiger partial charge in [-0.25, -0.2) is 8.42 Å². The summed E-state index contributed by atoms with van der Waals surface area (Å²) < 4.78 is 28.1. The van der Waals surface area contributed by atoms with E-state index in [1.54, 1.807) is 5.38 Å². The van der Waals surface area contributed by atoms with E-state index in [1.165, 1.54) is 10.4 Å². The van der Waals surface area contributed by atoms with Crippen LogP contribution in [0.4, 0.5) is 11.4 Å². The summed E-state index contributed by atoms with van der Waals surface area (Å²) in [5.41, 5.74) is 3.84. The molecule has 32 heavy (non-hydrogen) atoms. The average Bonchev–Trinajstić information content (AvgIpc) is 3.28. The highest BCUT2D eigenvalue weighted by molar-refractivity contribution is 7.89. The highest BCUT2D eigenvalue weighted by Crippen LogP contribution is 2.28. The summed E-state index contributed by atoms with van der Waals surface area (Å²) in [4.78, 5) is 15.3. The summed E-state index contributed by atoms with van der Waals surface area (Å²) in [6, 6.07) is 14.7. The molecule has 1 amide bonds. The molecule has 2 aromatic carbocycles. The fraction of sp³-hybridized carbons (Fsp3) is 0.261. The van der Waals surface area contributed by atoms with Crippen molar-refractivity contribution in [3.05, 3.63) is 74.9 Å². The first-order chi connectivity index (χ1) is 15.3. The lowest BCUT2D eigenvalue weighted by Crippen LogP contribution is -2.48. The molecule has 9 heteroatoms. The topological polar surface area (TPSA) is 69.7 Å². The van der Waals surface area contributed by atoms with Crippen LogP contribution in [0.5, 0.6) is 0 Å². The second kappa shape index (κ2) is 9.23. The second-order valence-corrected chi connectivity index (χ2v) is 11.0. The fourth-order valence-electron chi connectivity index (χ4n) is 3.65. The van der Waals surface area contributed by atoms with Gasteiger partial charge in [0.15, 0.2) is 0 Å². The normalized spacial score (nSPS) is 15.0. The third-order valence-corrected chi connectivity index (χ3v) is 8.88. The molecule has 1 aliphatic rings. The summed E-state index contributed by atoms with van der Waals surface area (Å²) >= 11 is 7.09. The Kier molecular flexibility index (Phi) is 6.57. The second-order valence-electron chi connectivity index (χ2n) is 7.73. The summed E-state index contributed by atoms with van der Waals surface area (Å²) in [6.45, 7) is 5.79. The largest absolute Gasteiger partial charge is 0.369 e. The van der Waals surface area contributed by atoms with E-state index in [-0.39, 0.29) is 9.77 Å². The van der Waals surface area contributed by atoms with E-state index in [2.05, 4.69) is 10.2 Å². The number of aryl methyl sites for hydroxylation is 2. The Morgan fingerprint density at radius 1 is 0.969 bits per heavy atom. The van der Waals surface area contributed by atoms with Gasteiger partial charge in [0.05, 0.1) is 0 Å². The molecule has 0 radical (unpaired) electrons. The number of anilines is 2. The number of sulfonamides is 1. The van der Waals surface area contributed by atoms with Crippen molar-refractivity contribution in [1.29, 1.82) is 0 Å². The van der Waals surface area contributed by atoms with Crippen LogP contribution in [0.15, 0.2) is 58.8 Å². The Hall–Kier alpha value is -2.39. The smallest absolute Gasteiger partial charge is 0.267 e. The Bertz CT molecular complexity index is 1230. The lowest BCUT2D eigenvalue weighted by Gasteiger charge is -2.35. The van der Waals surface area contributed by atoms with Crippen LogP contribution in [0.3, 0.4) is 0 Å². The van der Waals surface area contributed by atoms with E-state index in [0.717, 1.165) is 28.2 Å². The summed E-state index contributed by atoms with van der Waals surface area (Å²) in [7, 11) is -3.78. The number of amides is 1. The predicted molar refractivity (Wildman–Crippen MR) is 131 cm³/mol. The van der Waals surface area contributed by atoms with Crippen molar-refractivity contribution in [2.45, 2.75) is 18.7 Å². The lowest BCUT2D eigenvalue weighted by molar-refractivity contribution is 0.102. The number of piperazine rings is 1. The van der Waals surface area contributed by atoms with Gasteiger partial charge in [-0.2, -0.15) is 4.31 Å². The minimum atomic E-state index is -3.78. The molecule has 1 aliphatic heterocycles. The number of hydrogen-bond acceptors (Lipinski definition) is 5. The molecule has 0 bridgehead atoms. The minimum Gasteiger partial charge on any atom is -0.369 e. The SMILES string of the molecule is Cc1ccc(NC(=O)c2sccc2S(=O)(=O)N2CCN(c3ccc(Cl)cc3)CC2)cc1C. The standard InChI is InChI=1S/C23H24ClN3O3S2/c1-16-3-6-19(15-17(16)2)25-23(28)22-21(9-14-31-22)32(29,30)27-12-10-26(11-13-27)20-7-4-18(24)5-8-20/h3-9,14-15H,10-13H2,1-2H3,(H,25,28). The van der Waals surface area contributed by atoms with Crippen LogP contribution < -0.4 is 10.2 Å². The molecule has 6 nitrogen and oxygen atoms in total. The van der Waals surface area contributed by atoms with Gasteiger partial charge in [-0.1, -0.05) is 17.7 Å². The number of carbonyl (C=O) groups excluding carboxylic acids is 1. The van der Waals surface area contributed by atoms with E-state index in [0.29, 0.717) is 36.9 Å². The van der Waals surface area contributed by atoms with Crippen molar-refractivity contribution < 1.29 is 13.2 Å². The number of carbonyl (C=O) groups is 1. The predicted octanol–water partition coefficient (Wildman–Crippen LogP) is 4.78. The van der Waals surface area contributed by atoms with E-state index in [1.807, 2.05) is 56.3 Å². The third-order valence-electron chi connectivity index (χ3n) is 5.65. The quantitative estimate of drug-likeness (QED) is 0.560. The van der Waals surface area contributed by atoms with Crippen LogP contribution in [0.25, 0.3) is 0 Å². The minimum absolute atomic E-state index is 0.0591. The van der Waals surface area contributed by atoms with Gasteiger partial charge in [0.1, 0.15) is 9.77 Å². The first kappa shape index (κ1) is 22.8. The number of benzene rings is 2. The molecule has 1 N–H and O–H groups in total. The van der Waals surface area contributed by atoms with Crippen molar-refractivity contribution in [3.8, 4) is 0 Å². The van der Waals surface area contributed by atoms with Crippen LogP contribution in [0, 0.1) is 13.8 Å². The fourth-order valence-corrected chi connectivity index (χ4v) is 6.49. The maximum Gasteiger partial charge on any atom is 0.267 e. The monoisotopic (exact) mass is 489 g/mol. The number of thiophene rings is 1. The van der Waals surface area contributed by atoms with Gasteiger partial charge in [0.25, 0.3) is 5.91 Å². The number of halogens is 1. The molecule has 2 heterocycles. The highest BCUT2D eigenvalue weighted by atomic mass is 35.5. The number of nitrogens with one attached hydrogen (secondary N) is 1. The number of nitrogens with zero attached hydrogens (tertiary/aromatic N) is 2. The van der Waals surface area contributed by atoms with Crippen LogP contribution in [-0.2, 0) is 10.0 Å². The molecule has 0 saturated carbocycles. The summed E-state index contributed by atoms with van der Waals surface area (Å²) in [6.07, 6.45) is 0. The van der Waals surface area contributed by atoms with Crippen LogP contribution in [0.1, 0.15) is 20.8 Å². The van der Waals surface area contributed by atoms with E-state index >= 15 is 0 Å². The zero-order chi connectivity index (χ0) is 22.9.